The zero-order valence-electron chi connectivity index (χ0n) is 18.7. The third kappa shape index (κ3) is 3.87. The second-order valence-electron chi connectivity index (χ2n) is 8.80. The zero-order chi connectivity index (χ0) is 23.0. The van der Waals surface area contributed by atoms with Crippen molar-refractivity contribution in [2.75, 3.05) is 11.5 Å². The van der Waals surface area contributed by atoms with Crippen molar-refractivity contribution >= 4 is 33.6 Å². The van der Waals surface area contributed by atoms with Gasteiger partial charge in [-0.3, -0.25) is 0 Å². The van der Waals surface area contributed by atoms with Crippen LogP contribution in [0.2, 0.25) is 0 Å². The summed E-state index contributed by atoms with van der Waals surface area (Å²) in [7, 11) is 0. The number of hydrogen-bond donors (Lipinski definition) is 4. The van der Waals surface area contributed by atoms with Crippen molar-refractivity contribution in [2.24, 2.45) is 5.41 Å². The van der Waals surface area contributed by atoms with Crippen molar-refractivity contribution in [1.29, 1.82) is 0 Å². The highest BCUT2D eigenvalue weighted by Gasteiger charge is 2.37. The Hall–Kier alpha value is -3.23. The number of aliphatic hydroxyl groups excluding tert-OH is 2. The lowest BCUT2D eigenvalue weighted by Gasteiger charge is -2.37. The minimum atomic E-state index is -1.16. The number of hydrogen-bond acceptors (Lipinski definition) is 7. The van der Waals surface area contributed by atoms with Crippen LogP contribution in [-0.4, -0.2) is 35.8 Å². The van der Waals surface area contributed by atoms with Gasteiger partial charge in [0.25, 0.3) is 0 Å². The molecule has 4 aromatic rings. The summed E-state index contributed by atoms with van der Waals surface area (Å²) in [6.07, 6.45) is 2.99. The van der Waals surface area contributed by atoms with Gasteiger partial charge in [0.2, 0.25) is 0 Å². The quantitative estimate of drug-likeness (QED) is 0.350. The number of nitrogen functional groups attached to an aromatic ring is 2. The lowest BCUT2D eigenvalue weighted by atomic mass is 9.76. The highest BCUT2D eigenvalue weighted by Crippen LogP contribution is 2.37. The van der Waals surface area contributed by atoms with E-state index in [2.05, 4.69) is 27.1 Å². The van der Waals surface area contributed by atoms with Gasteiger partial charge in [0.05, 0.1) is 10.9 Å². The van der Waals surface area contributed by atoms with Crippen LogP contribution in [0.3, 0.4) is 0 Å². The van der Waals surface area contributed by atoms with Gasteiger partial charge in [0.15, 0.2) is 6.23 Å². The summed E-state index contributed by atoms with van der Waals surface area (Å²) < 4.78 is 1.55. The van der Waals surface area contributed by atoms with Crippen molar-refractivity contribution in [3.05, 3.63) is 54.0 Å². The second kappa shape index (κ2) is 8.37. The van der Waals surface area contributed by atoms with Gasteiger partial charge in [-0.05, 0) is 60.9 Å². The number of rotatable bonds is 7. The molecule has 0 amide bonds. The number of aromatic nitrogens is 4. The Morgan fingerprint density at radius 1 is 1.09 bits per heavy atom. The van der Waals surface area contributed by atoms with E-state index >= 15 is 0 Å². The van der Waals surface area contributed by atoms with Crippen LogP contribution < -0.4 is 11.5 Å². The van der Waals surface area contributed by atoms with Crippen LogP contribution in [0.5, 0.6) is 0 Å². The smallest absolute Gasteiger partial charge is 0.158 e. The van der Waals surface area contributed by atoms with E-state index in [1.165, 1.54) is 6.33 Å². The van der Waals surface area contributed by atoms with Gasteiger partial charge in [-0.1, -0.05) is 26.0 Å². The van der Waals surface area contributed by atoms with Crippen LogP contribution in [0.4, 0.5) is 11.6 Å². The number of benzene rings is 1. The Labute approximate surface area is 186 Å². The highest BCUT2D eigenvalue weighted by atomic mass is 16.3. The average Bonchev–Trinajstić information content (AvgIpc) is 3.23. The van der Waals surface area contributed by atoms with Crippen LogP contribution >= 0.6 is 0 Å². The molecule has 0 saturated carbocycles. The molecule has 0 aliphatic rings. The van der Waals surface area contributed by atoms with Gasteiger partial charge in [0.1, 0.15) is 29.7 Å². The predicted molar refractivity (Wildman–Crippen MR) is 127 cm³/mol. The zero-order valence-corrected chi connectivity index (χ0v) is 18.7. The maximum absolute atomic E-state index is 11.2. The molecule has 3 aromatic heterocycles. The van der Waals surface area contributed by atoms with E-state index in [1.807, 2.05) is 32.9 Å². The summed E-state index contributed by atoms with van der Waals surface area (Å²) in [5.74, 6) is 0.879. The summed E-state index contributed by atoms with van der Waals surface area (Å²) in [6, 6.07) is 9.96. The molecule has 8 heteroatoms. The fraction of sp³-hybridized carbons (Fsp3) is 0.375. The molecule has 32 heavy (non-hydrogen) atoms. The number of nitrogens with two attached hydrogens (primary N) is 2. The Balaban J connectivity index is 1.55. The third-order valence-corrected chi connectivity index (χ3v) is 6.73. The van der Waals surface area contributed by atoms with Crippen molar-refractivity contribution < 1.29 is 10.2 Å². The molecule has 0 aliphatic carbocycles. The van der Waals surface area contributed by atoms with Gasteiger partial charge < -0.3 is 26.2 Å². The standard InChI is InChI=1S/C24H30N6O2/c1-4-24(3,9-7-15-5-6-16-11-14(2)20(25)29-18(16)12-15)19(31)23(32)30-10-8-17-21(26)27-13-28-22(17)30/h5-6,8,10-13,19,23,31-32H,4,7,9H2,1-3H3,(H2,25,29)(H2,26,27,28)/t19-,23+,24+/m0/s1. The van der Waals surface area contributed by atoms with Crippen molar-refractivity contribution in [3.8, 4) is 0 Å². The normalized spacial score (nSPS) is 15.7. The number of aryl methyl sites for hydroxylation is 2. The van der Waals surface area contributed by atoms with Crippen LogP contribution in [0.25, 0.3) is 21.9 Å². The Bertz CT molecular complexity index is 1270. The van der Waals surface area contributed by atoms with E-state index in [-0.39, 0.29) is 0 Å². The number of nitrogens with zero attached hydrogens (tertiary/aromatic N) is 4. The first-order valence-corrected chi connectivity index (χ1v) is 10.8. The SMILES string of the molecule is CC[C@](C)(CCc1ccc2cc(C)c(N)nc2c1)[C@@H](O)[C@@H](O)n1ccc2c(N)ncnc21. The van der Waals surface area contributed by atoms with Crippen molar-refractivity contribution in [3.63, 3.8) is 0 Å². The summed E-state index contributed by atoms with van der Waals surface area (Å²) >= 11 is 0. The molecule has 0 radical (unpaired) electrons. The van der Waals surface area contributed by atoms with Gasteiger partial charge in [-0.15, -0.1) is 0 Å². The number of aliphatic hydroxyl groups is 2. The minimum Gasteiger partial charge on any atom is -0.388 e. The lowest BCUT2D eigenvalue weighted by Crippen LogP contribution is -2.39. The molecular formula is C24H30N6O2. The molecule has 0 spiro atoms. The Morgan fingerprint density at radius 3 is 2.62 bits per heavy atom. The van der Waals surface area contributed by atoms with Gasteiger partial charge in [0, 0.05) is 11.6 Å². The monoisotopic (exact) mass is 434 g/mol. The predicted octanol–water partition coefficient (Wildman–Crippen LogP) is 3.35. The number of fused-ring (bicyclic) bond motifs is 2. The van der Waals surface area contributed by atoms with Crippen LogP contribution in [0.1, 0.15) is 44.0 Å². The molecule has 0 unspecified atom stereocenters. The molecular weight excluding hydrogens is 404 g/mol. The molecule has 1 aromatic carbocycles. The van der Waals surface area contributed by atoms with Crippen LogP contribution in [-0.2, 0) is 6.42 Å². The van der Waals surface area contributed by atoms with Crippen LogP contribution in [0.15, 0.2) is 42.9 Å². The van der Waals surface area contributed by atoms with Crippen molar-refractivity contribution in [2.45, 2.75) is 52.4 Å². The molecule has 3 atom stereocenters. The van der Waals surface area contributed by atoms with E-state index in [0.29, 0.717) is 35.5 Å². The first-order valence-electron chi connectivity index (χ1n) is 10.8. The van der Waals surface area contributed by atoms with Gasteiger partial charge >= 0.3 is 0 Å². The van der Waals surface area contributed by atoms with Gasteiger partial charge in [-0.2, -0.15) is 0 Å². The molecule has 8 nitrogen and oxygen atoms in total. The van der Waals surface area contributed by atoms with Crippen LogP contribution in [0, 0.1) is 12.3 Å². The first kappa shape index (κ1) is 22.0. The van der Waals surface area contributed by atoms with E-state index in [1.54, 1.807) is 16.8 Å². The van der Waals surface area contributed by atoms with Gasteiger partial charge in [-0.25, -0.2) is 15.0 Å². The van der Waals surface area contributed by atoms with E-state index in [9.17, 15) is 10.2 Å². The summed E-state index contributed by atoms with van der Waals surface area (Å²) in [5.41, 5.74) is 14.8. The average molecular weight is 435 g/mol. The maximum atomic E-state index is 11.2. The molecule has 4 rings (SSSR count). The maximum Gasteiger partial charge on any atom is 0.158 e. The largest absolute Gasteiger partial charge is 0.388 e. The Kier molecular flexibility index (Phi) is 5.75. The molecule has 0 bridgehead atoms. The molecule has 0 fully saturated rings. The minimum absolute atomic E-state index is 0.342. The lowest BCUT2D eigenvalue weighted by molar-refractivity contribution is -0.0962. The van der Waals surface area contributed by atoms with E-state index < -0.39 is 17.7 Å². The Morgan fingerprint density at radius 2 is 1.88 bits per heavy atom. The van der Waals surface area contributed by atoms with E-state index in [0.717, 1.165) is 28.5 Å². The van der Waals surface area contributed by atoms with Crippen molar-refractivity contribution in [1.82, 2.24) is 19.5 Å². The first-order chi connectivity index (χ1) is 15.2. The molecule has 6 N–H and O–H groups in total. The fourth-order valence-corrected chi connectivity index (χ4v) is 4.17. The summed E-state index contributed by atoms with van der Waals surface area (Å²) in [5, 5.41) is 23.9. The number of pyridine rings is 1. The number of anilines is 2. The summed E-state index contributed by atoms with van der Waals surface area (Å²) in [6.45, 7) is 5.97. The highest BCUT2D eigenvalue weighted by molar-refractivity contribution is 5.86. The van der Waals surface area contributed by atoms with E-state index in [4.69, 9.17) is 11.5 Å². The molecule has 0 aliphatic heterocycles. The summed E-state index contributed by atoms with van der Waals surface area (Å²) in [4.78, 5) is 12.7. The molecule has 0 saturated heterocycles. The third-order valence-electron chi connectivity index (χ3n) is 6.73. The fourth-order valence-electron chi connectivity index (χ4n) is 4.17. The second-order valence-corrected chi connectivity index (χ2v) is 8.80. The topological polar surface area (TPSA) is 136 Å². The molecule has 3 heterocycles. The molecule has 168 valence electrons.